The minimum Gasteiger partial charge on any atom is -0.497 e. The molecule has 3 aromatic rings. The van der Waals surface area contributed by atoms with E-state index in [9.17, 15) is 9.18 Å². The molecule has 0 atom stereocenters. The van der Waals surface area contributed by atoms with E-state index in [2.05, 4.69) is 20.4 Å². The van der Waals surface area contributed by atoms with Crippen molar-refractivity contribution in [3.05, 3.63) is 59.9 Å². The zero-order valence-electron chi connectivity index (χ0n) is 17.5. The Morgan fingerprint density at radius 1 is 1.10 bits per heavy atom. The Morgan fingerprint density at radius 2 is 1.84 bits per heavy atom. The van der Waals surface area contributed by atoms with E-state index in [-0.39, 0.29) is 23.3 Å². The van der Waals surface area contributed by atoms with Gasteiger partial charge < -0.3 is 19.7 Å². The van der Waals surface area contributed by atoms with Crippen LogP contribution in [0, 0.1) is 5.82 Å². The van der Waals surface area contributed by atoms with Gasteiger partial charge in [-0.2, -0.15) is 5.10 Å². The molecule has 31 heavy (non-hydrogen) atoms. The Kier molecular flexibility index (Phi) is 6.06. The maximum atomic E-state index is 13.9. The van der Waals surface area contributed by atoms with Crippen LogP contribution < -0.4 is 19.7 Å². The lowest BCUT2D eigenvalue weighted by Gasteiger charge is -2.32. The molecular weight excluding hydrogens is 399 g/mol. The lowest BCUT2D eigenvalue weighted by atomic mass is 10.0. The molecule has 162 valence electrons. The Bertz CT molecular complexity index is 1040. The quantitative estimate of drug-likeness (QED) is 0.632. The maximum Gasteiger partial charge on any atom is 0.251 e. The van der Waals surface area contributed by atoms with Crippen LogP contribution in [0.15, 0.2) is 48.5 Å². The predicted molar refractivity (Wildman–Crippen MR) is 116 cm³/mol. The first-order valence-corrected chi connectivity index (χ1v) is 10.2. The van der Waals surface area contributed by atoms with Crippen LogP contribution in [0.1, 0.15) is 23.2 Å². The molecule has 1 amide bonds. The monoisotopic (exact) mass is 424 g/mol. The average molecular weight is 424 g/mol. The van der Waals surface area contributed by atoms with E-state index in [4.69, 9.17) is 9.47 Å². The Labute approximate surface area is 180 Å². The summed E-state index contributed by atoms with van der Waals surface area (Å²) < 4.78 is 24.0. The molecule has 7 nitrogen and oxygen atoms in total. The van der Waals surface area contributed by atoms with Gasteiger partial charge in [-0.1, -0.05) is 0 Å². The van der Waals surface area contributed by atoms with Crippen molar-refractivity contribution in [2.45, 2.75) is 18.9 Å². The molecule has 1 fully saturated rings. The first kappa shape index (κ1) is 20.7. The lowest BCUT2D eigenvalue weighted by molar-refractivity contribution is 0.0930. The summed E-state index contributed by atoms with van der Waals surface area (Å²) in [5.41, 5.74) is 2.26. The van der Waals surface area contributed by atoms with Crippen molar-refractivity contribution in [1.29, 1.82) is 0 Å². The van der Waals surface area contributed by atoms with Crippen molar-refractivity contribution in [3.8, 4) is 22.8 Å². The molecule has 1 aliphatic heterocycles. The highest BCUT2D eigenvalue weighted by Gasteiger charge is 2.23. The fourth-order valence-electron chi connectivity index (χ4n) is 3.72. The number of hydrogen-bond donors (Lipinski definition) is 2. The van der Waals surface area contributed by atoms with E-state index in [1.165, 1.54) is 19.2 Å². The number of anilines is 1. The topological polar surface area (TPSA) is 79.5 Å². The standard InChI is InChI=1S/C23H25FN4O3/c1-30-18-6-3-15(4-7-18)20-14-22(27-26-20)28-11-9-17(10-12-28)25-23(29)16-5-8-21(31-2)19(24)13-16/h3-8,13-14,17H,9-12H2,1-2H3,(H,25,29)(H,26,27). The van der Waals surface area contributed by atoms with Gasteiger partial charge in [-0.15, -0.1) is 0 Å². The molecule has 0 aliphatic carbocycles. The number of nitrogens with zero attached hydrogens (tertiary/aromatic N) is 2. The number of ether oxygens (including phenoxy) is 2. The highest BCUT2D eigenvalue weighted by atomic mass is 19.1. The maximum absolute atomic E-state index is 13.9. The molecule has 8 heteroatoms. The number of methoxy groups -OCH3 is 2. The molecule has 2 N–H and O–H groups in total. The zero-order chi connectivity index (χ0) is 21.8. The van der Waals surface area contributed by atoms with Crippen molar-refractivity contribution in [3.63, 3.8) is 0 Å². The third-order valence-corrected chi connectivity index (χ3v) is 5.53. The summed E-state index contributed by atoms with van der Waals surface area (Å²) in [6.07, 6.45) is 1.57. The highest BCUT2D eigenvalue weighted by molar-refractivity contribution is 5.94. The number of nitrogens with one attached hydrogen (secondary N) is 2. The summed E-state index contributed by atoms with van der Waals surface area (Å²) in [7, 11) is 3.04. The Hall–Kier alpha value is -3.55. The minimum atomic E-state index is -0.545. The molecule has 0 saturated carbocycles. The number of aromatic amines is 1. The average Bonchev–Trinajstić information content (AvgIpc) is 3.30. The molecule has 2 heterocycles. The van der Waals surface area contributed by atoms with E-state index in [1.807, 2.05) is 30.3 Å². The van der Waals surface area contributed by atoms with Gasteiger partial charge in [-0.3, -0.25) is 9.89 Å². The fourth-order valence-corrected chi connectivity index (χ4v) is 3.72. The van der Waals surface area contributed by atoms with E-state index in [0.29, 0.717) is 0 Å². The van der Waals surface area contributed by atoms with Crippen molar-refractivity contribution in [2.24, 2.45) is 0 Å². The molecule has 1 aliphatic rings. The van der Waals surface area contributed by atoms with E-state index >= 15 is 0 Å². The van der Waals surface area contributed by atoms with Gasteiger partial charge in [0.25, 0.3) is 5.91 Å². The largest absolute Gasteiger partial charge is 0.497 e. The molecule has 0 bridgehead atoms. The van der Waals surface area contributed by atoms with Crippen LogP contribution in [0.3, 0.4) is 0 Å². The molecule has 0 unspecified atom stereocenters. The minimum absolute atomic E-state index is 0.0360. The van der Waals surface area contributed by atoms with Crippen LogP contribution in [0.5, 0.6) is 11.5 Å². The number of piperidine rings is 1. The normalized spacial score (nSPS) is 14.4. The molecule has 1 aromatic heterocycles. The Balaban J connectivity index is 1.33. The van der Waals surface area contributed by atoms with Gasteiger partial charge in [0.2, 0.25) is 0 Å². The van der Waals surface area contributed by atoms with Gasteiger partial charge in [0.15, 0.2) is 17.4 Å². The molecule has 1 saturated heterocycles. The zero-order valence-corrected chi connectivity index (χ0v) is 17.5. The van der Waals surface area contributed by atoms with Crippen molar-refractivity contribution >= 4 is 11.7 Å². The highest BCUT2D eigenvalue weighted by Crippen LogP contribution is 2.26. The first-order chi connectivity index (χ1) is 15.1. The number of carbonyl (C=O) groups is 1. The molecule has 0 radical (unpaired) electrons. The number of amides is 1. The Morgan fingerprint density at radius 3 is 2.48 bits per heavy atom. The number of aromatic nitrogens is 2. The van der Waals surface area contributed by atoms with Crippen LogP contribution >= 0.6 is 0 Å². The molecule has 2 aromatic carbocycles. The number of halogens is 1. The summed E-state index contributed by atoms with van der Waals surface area (Å²) in [5.74, 6) is 0.994. The molecular formula is C23H25FN4O3. The fraction of sp³-hybridized carbons (Fsp3) is 0.304. The molecule has 0 spiro atoms. The van der Waals surface area contributed by atoms with Crippen molar-refractivity contribution in [2.75, 3.05) is 32.2 Å². The van der Waals surface area contributed by atoms with Crippen LogP contribution in [-0.2, 0) is 0 Å². The number of carbonyl (C=O) groups excluding carboxylic acids is 1. The van der Waals surface area contributed by atoms with Gasteiger partial charge in [0.05, 0.1) is 19.9 Å². The van der Waals surface area contributed by atoms with Crippen molar-refractivity contribution in [1.82, 2.24) is 15.5 Å². The lowest BCUT2D eigenvalue weighted by Crippen LogP contribution is -2.44. The molecule has 4 rings (SSSR count). The SMILES string of the molecule is COc1ccc(-c2cc(N3CCC(NC(=O)c4ccc(OC)c(F)c4)CC3)n[nH]2)cc1. The van der Waals surface area contributed by atoms with Crippen LogP contribution in [-0.4, -0.2) is 49.5 Å². The predicted octanol–water partition coefficient (Wildman–Crippen LogP) is 3.63. The van der Waals surface area contributed by atoms with Gasteiger partial charge in [0, 0.05) is 30.8 Å². The third-order valence-electron chi connectivity index (χ3n) is 5.53. The number of rotatable bonds is 6. The van der Waals surface area contributed by atoms with Crippen LogP contribution in [0.2, 0.25) is 0 Å². The number of hydrogen-bond acceptors (Lipinski definition) is 5. The summed E-state index contributed by atoms with van der Waals surface area (Å²) in [5, 5.41) is 10.5. The van der Waals surface area contributed by atoms with Crippen LogP contribution in [0.25, 0.3) is 11.3 Å². The van der Waals surface area contributed by atoms with E-state index < -0.39 is 5.82 Å². The second kappa shape index (κ2) is 9.07. The second-order valence-electron chi connectivity index (χ2n) is 7.45. The van der Waals surface area contributed by atoms with Gasteiger partial charge in [-0.05, 0) is 60.9 Å². The number of H-pyrrole nitrogens is 1. The van der Waals surface area contributed by atoms with Crippen LogP contribution in [0.4, 0.5) is 10.2 Å². The van der Waals surface area contributed by atoms with E-state index in [0.717, 1.165) is 48.8 Å². The third kappa shape index (κ3) is 4.63. The van der Waals surface area contributed by atoms with Crippen molar-refractivity contribution < 1.29 is 18.7 Å². The summed E-state index contributed by atoms with van der Waals surface area (Å²) in [4.78, 5) is 14.7. The second-order valence-corrected chi connectivity index (χ2v) is 7.45. The number of benzene rings is 2. The van der Waals surface area contributed by atoms with Gasteiger partial charge >= 0.3 is 0 Å². The summed E-state index contributed by atoms with van der Waals surface area (Å²) >= 11 is 0. The summed E-state index contributed by atoms with van der Waals surface area (Å²) in [6.45, 7) is 1.55. The first-order valence-electron chi connectivity index (χ1n) is 10.2. The van der Waals surface area contributed by atoms with Gasteiger partial charge in [0.1, 0.15) is 5.75 Å². The van der Waals surface area contributed by atoms with Gasteiger partial charge in [-0.25, -0.2) is 4.39 Å². The van der Waals surface area contributed by atoms with E-state index in [1.54, 1.807) is 13.2 Å². The summed E-state index contributed by atoms with van der Waals surface area (Å²) in [6, 6.07) is 14.1. The smallest absolute Gasteiger partial charge is 0.251 e.